The van der Waals surface area contributed by atoms with Crippen molar-refractivity contribution < 1.29 is 19.7 Å². The lowest BCUT2D eigenvalue weighted by atomic mass is 10.0. The Labute approximate surface area is 86.1 Å². The van der Waals surface area contributed by atoms with Crippen molar-refractivity contribution in [3.8, 4) is 11.8 Å². The van der Waals surface area contributed by atoms with Crippen molar-refractivity contribution in [1.82, 2.24) is 0 Å². The summed E-state index contributed by atoms with van der Waals surface area (Å²) in [5.74, 6) is -0.997. The number of benzene rings is 1. The van der Waals surface area contributed by atoms with E-state index in [-0.39, 0.29) is 22.4 Å². The number of hydrogen-bond acceptors (Lipinski definition) is 5. The molecule has 0 aromatic heterocycles. The number of carbonyl (C=O) groups is 1. The molecule has 1 aromatic rings. The van der Waals surface area contributed by atoms with Crippen molar-refractivity contribution in [1.29, 1.82) is 5.26 Å². The second-order valence-corrected chi connectivity index (χ2v) is 2.75. The van der Waals surface area contributed by atoms with Gasteiger partial charge in [-0.25, -0.2) is 4.79 Å². The molecule has 2 N–H and O–H groups in total. The van der Waals surface area contributed by atoms with Crippen molar-refractivity contribution in [2.24, 2.45) is 0 Å². The third-order valence-electron chi connectivity index (χ3n) is 1.96. The number of methoxy groups -OCH3 is 1. The maximum absolute atomic E-state index is 11.3. The summed E-state index contributed by atoms with van der Waals surface area (Å²) in [7, 11) is 1.16. The zero-order chi connectivity index (χ0) is 11.4. The lowest BCUT2D eigenvalue weighted by molar-refractivity contribution is 0.0596. The van der Waals surface area contributed by atoms with Crippen molar-refractivity contribution in [2.75, 3.05) is 7.11 Å². The molecule has 0 aliphatic rings. The van der Waals surface area contributed by atoms with Gasteiger partial charge in [-0.1, -0.05) is 0 Å². The highest BCUT2D eigenvalue weighted by atomic mass is 16.5. The van der Waals surface area contributed by atoms with Crippen LogP contribution in [0.25, 0.3) is 0 Å². The molecule has 1 aromatic carbocycles. The molecule has 5 nitrogen and oxygen atoms in total. The van der Waals surface area contributed by atoms with E-state index in [0.717, 1.165) is 7.11 Å². The van der Waals surface area contributed by atoms with E-state index >= 15 is 0 Å². The van der Waals surface area contributed by atoms with Crippen LogP contribution in [-0.2, 0) is 11.3 Å². The number of nitrogens with zero attached hydrogens (tertiary/aromatic N) is 1. The summed E-state index contributed by atoms with van der Waals surface area (Å²) in [5, 5.41) is 27.1. The van der Waals surface area contributed by atoms with Gasteiger partial charge in [0.05, 0.1) is 24.8 Å². The van der Waals surface area contributed by atoms with Crippen molar-refractivity contribution >= 4 is 5.97 Å². The summed E-state index contributed by atoms with van der Waals surface area (Å²) in [4.78, 5) is 11.3. The van der Waals surface area contributed by atoms with E-state index in [9.17, 15) is 9.90 Å². The Kier molecular flexibility index (Phi) is 3.26. The summed E-state index contributed by atoms with van der Waals surface area (Å²) in [6.45, 7) is -0.536. The topological polar surface area (TPSA) is 90.6 Å². The highest BCUT2D eigenvalue weighted by molar-refractivity contribution is 5.94. The van der Waals surface area contributed by atoms with Crippen molar-refractivity contribution in [2.45, 2.75) is 6.61 Å². The molecular weight excluding hydrogens is 198 g/mol. The molecule has 0 fully saturated rings. The smallest absolute Gasteiger partial charge is 0.339 e. The second kappa shape index (κ2) is 4.44. The maximum Gasteiger partial charge on any atom is 0.339 e. The SMILES string of the molecule is COC(=O)c1c(C#N)ccc(O)c1CO. The Morgan fingerprint density at radius 3 is 2.73 bits per heavy atom. The van der Waals surface area contributed by atoms with Gasteiger partial charge in [0.1, 0.15) is 11.8 Å². The lowest BCUT2D eigenvalue weighted by Gasteiger charge is -2.08. The third kappa shape index (κ3) is 1.90. The Morgan fingerprint density at radius 2 is 2.27 bits per heavy atom. The highest BCUT2D eigenvalue weighted by Gasteiger charge is 2.19. The summed E-state index contributed by atoms with van der Waals surface area (Å²) in [5.41, 5.74) is -0.0351. The summed E-state index contributed by atoms with van der Waals surface area (Å²) < 4.78 is 4.46. The molecular formula is C10H9NO4. The van der Waals surface area contributed by atoms with Gasteiger partial charge in [-0.3, -0.25) is 0 Å². The molecule has 0 amide bonds. The van der Waals surface area contributed by atoms with Crippen LogP contribution in [0.1, 0.15) is 21.5 Å². The average Bonchev–Trinajstić information content (AvgIpc) is 2.27. The quantitative estimate of drug-likeness (QED) is 0.691. The van der Waals surface area contributed by atoms with E-state index in [1.54, 1.807) is 6.07 Å². The summed E-state index contributed by atoms with van der Waals surface area (Å²) in [6.07, 6.45) is 0. The van der Waals surface area contributed by atoms with Gasteiger partial charge in [0.2, 0.25) is 0 Å². The fourth-order valence-corrected chi connectivity index (χ4v) is 1.23. The number of phenols is 1. The Hall–Kier alpha value is -2.06. The first-order chi connectivity index (χ1) is 7.15. The number of carbonyl (C=O) groups excluding carboxylic acids is 1. The number of aliphatic hydroxyl groups is 1. The molecule has 0 saturated carbocycles. The first-order valence-corrected chi connectivity index (χ1v) is 4.09. The van der Waals surface area contributed by atoms with Gasteiger partial charge < -0.3 is 14.9 Å². The Morgan fingerprint density at radius 1 is 1.60 bits per heavy atom. The monoisotopic (exact) mass is 207 g/mol. The number of aliphatic hydroxyl groups excluding tert-OH is 1. The molecule has 78 valence electrons. The lowest BCUT2D eigenvalue weighted by Crippen LogP contribution is -2.08. The fourth-order valence-electron chi connectivity index (χ4n) is 1.23. The fraction of sp³-hybridized carbons (Fsp3) is 0.200. The minimum atomic E-state index is -0.758. The number of rotatable bonds is 2. The number of ether oxygens (including phenoxy) is 1. The molecule has 0 atom stereocenters. The van der Waals surface area contributed by atoms with Gasteiger partial charge in [0.25, 0.3) is 0 Å². The predicted octanol–water partition coefficient (Wildman–Crippen LogP) is 0.543. The van der Waals surface area contributed by atoms with E-state index in [0.29, 0.717) is 0 Å². The normalized spacial score (nSPS) is 9.40. The van der Waals surface area contributed by atoms with Crippen LogP contribution in [0.15, 0.2) is 12.1 Å². The highest BCUT2D eigenvalue weighted by Crippen LogP contribution is 2.24. The van der Waals surface area contributed by atoms with Crippen LogP contribution in [0.2, 0.25) is 0 Å². The Balaban J connectivity index is 3.49. The predicted molar refractivity (Wildman–Crippen MR) is 50.1 cm³/mol. The van der Waals surface area contributed by atoms with Crippen LogP contribution in [0.4, 0.5) is 0 Å². The summed E-state index contributed by atoms with van der Waals surface area (Å²) >= 11 is 0. The van der Waals surface area contributed by atoms with Crippen LogP contribution in [0.5, 0.6) is 5.75 Å². The van der Waals surface area contributed by atoms with Crippen LogP contribution in [-0.4, -0.2) is 23.3 Å². The standard InChI is InChI=1S/C10H9NO4/c1-15-10(14)9-6(4-11)2-3-8(13)7(9)5-12/h2-3,12-13H,5H2,1H3. The minimum absolute atomic E-state index is 0.000833. The van der Waals surface area contributed by atoms with Crippen LogP contribution < -0.4 is 0 Å². The van der Waals surface area contributed by atoms with Crippen LogP contribution in [0.3, 0.4) is 0 Å². The number of esters is 1. The van der Waals surface area contributed by atoms with Crippen molar-refractivity contribution in [3.63, 3.8) is 0 Å². The molecule has 0 spiro atoms. The molecule has 0 radical (unpaired) electrons. The van der Waals surface area contributed by atoms with Gasteiger partial charge in [-0.2, -0.15) is 5.26 Å². The van der Waals surface area contributed by atoms with E-state index in [1.807, 2.05) is 0 Å². The molecule has 15 heavy (non-hydrogen) atoms. The first kappa shape index (κ1) is 11.0. The molecule has 0 saturated heterocycles. The van der Waals surface area contributed by atoms with Crippen LogP contribution in [0, 0.1) is 11.3 Å². The van der Waals surface area contributed by atoms with E-state index in [2.05, 4.69) is 4.74 Å². The Bertz CT molecular complexity index is 434. The maximum atomic E-state index is 11.3. The third-order valence-corrected chi connectivity index (χ3v) is 1.96. The molecule has 1 rings (SSSR count). The zero-order valence-electron chi connectivity index (χ0n) is 8.02. The number of nitriles is 1. The van der Waals surface area contributed by atoms with Gasteiger partial charge >= 0.3 is 5.97 Å². The molecule has 0 unspecified atom stereocenters. The number of aromatic hydroxyl groups is 1. The zero-order valence-corrected chi connectivity index (χ0v) is 8.02. The molecule has 0 aliphatic carbocycles. The van der Waals surface area contributed by atoms with Gasteiger partial charge in [-0.05, 0) is 12.1 Å². The van der Waals surface area contributed by atoms with E-state index in [4.69, 9.17) is 10.4 Å². The van der Waals surface area contributed by atoms with Crippen LogP contribution >= 0.6 is 0 Å². The minimum Gasteiger partial charge on any atom is -0.508 e. The first-order valence-electron chi connectivity index (χ1n) is 4.09. The van der Waals surface area contributed by atoms with Gasteiger partial charge in [0, 0.05) is 5.56 Å². The molecule has 0 heterocycles. The molecule has 5 heteroatoms. The van der Waals surface area contributed by atoms with Gasteiger partial charge in [-0.15, -0.1) is 0 Å². The second-order valence-electron chi connectivity index (χ2n) is 2.75. The van der Waals surface area contributed by atoms with E-state index in [1.165, 1.54) is 12.1 Å². The van der Waals surface area contributed by atoms with E-state index < -0.39 is 12.6 Å². The average molecular weight is 207 g/mol. The van der Waals surface area contributed by atoms with Gasteiger partial charge in [0.15, 0.2) is 0 Å². The molecule has 0 bridgehead atoms. The van der Waals surface area contributed by atoms with Crippen molar-refractivity contribution in [3.05, 3.63) is 28.8 Å². The largest absolute Gasteiger partial charge is 0.508 e. The molecule has 0 aliphatic heterocycles. The number of hydrogen-bond donors (Lipinski definition) is 2. The summed E-state index contributed by atoms with van der Waals surface area (Å²) in [6, 6.07) is 4.33.